The molecule has 0 fully saturated rings. The van der Waals surface area contributed by atoms with Gasteiger partial charge in [0.25, 0.3) is 0 Å². The van der Waals surface area contributed by atoms with Crippen LogP contribution in [0.2, 0.25) is 0 Å². The molecule has 2 N–H and O–H groups in total. The molecule has 0 amide bonds. The molecule has 19 heavy (non-hydrogen) atoms. The van der Waals surface area contributed by atoms with E-state index in [9.17, 15) is 4.39 Å². The number of hydrogen-bond acceptors (Lipinski definition) is 2. The fourth-order valence-corrected chi connectivity index (χ4v) is 2.27. The Morgan fingerprint density at radius 3 is 2.53 bits per heavy atom. The zero-order chi connectivity index (χ0) is 14.3. The molecule has 108 valence electrons. The summed E-state index contributed by atoms with van der Waals surface area (Å²) in [6.45, 7) is 7.61. The minimum atomic E-state index is -0.186. The van der Waals surface area contributed by atoms with Crippen LogP contribution in [0, 0.1) is 11.2 Å². The molecule has 3 heteroatoms. The van der Waals surface area contributed by atoms with E-state index in [2.05, 4.69) is 26.1 Å². The second kappa shape index (κ2) is 7.61. The maximum Gasteiger partial charge on any atom is 0.123 e. The highest BCUT2D eigenvalue weighted by Crippen LogP contribution is 2.32. The number of hydrogen-bond donors (Lipinski definition) is 2. The highest BCUT2D eigenvalue weighted by Gasteiger charge is 2.25. The predicted molar refractivity (Wildman–Crippen MR) is 77.5 cm³/mol. The zero-order valence-corrected chi connectivity index (χ0v) is 12.2. The van der Waals surface area contributed by atoms with Crippen molar-refractivity contribution in [3.05, 3.63) is 35.6 Å². The first-order chi connectivity index (χ1) is 8.95. The van der Waals surface area contributed by atoms with Gasteiger partial charge in [-0.3, -0.25) is 0 Å². The predicted octanol–water partition coefficient (Wildman–Crippen LogP) is 3.67. The van der Waals surface area contributed by atoms with Gasteiger partial charge in [0.2, 0.25) is 0 Å². The fraction of sp³-hybridized carbons (Fsp3) is 0.625. The summed E-state index contributed by atoms with van der Waals surface area (Å²) in [4.78, 5) is 0. The second-order valence-electron chi connectivity index (χ2n) is 6.09. The van der Waals surface area contributed by atoms with Crippen LogP contribution in [0.25, 0.3) is 0 Å². The van der Waals surface area contributed by atoms with Crippen molar-refractivity contribution < 1.29 is 9.50 Å². The van der Waals surface area contributed by atoms with Gasteiger partial charge in [0, 0.05) is 12.6 Å². The first kappa shape index (κ1) is 16.1. The van der Waals surface area contributed by atoms with Crippen molar-refractivity contribution in [1.82, 2.24) is 5.32 Å². The van der Waals surface area contributed by atoms with E-state index < -0.39 is 0 Å². The quantitative estimate of drug-likeness (QED) is 0.739. The molecular formula is C16H26FNO. The molecule has 0 aliphatic rings. The van der Waals surface area contributed by atoms with Crippen LogP contribution >= 0.6 is 0 Å². The maximum atomic E-state index is 13.3. The third kappa shape index (κ3) is 5.70. The minimum Gasteiger partial charge on any atom is -0.396 e. The van der Waals surface area contributed by atoms with Gasteiger partial charge >= 0.3 is 0 Å². The van der Waals surface area contributed by atoms with E-state index in [1.165, 1.54) is 6.07 Å². The number of aliphatic hydroxyl groups excluding tert-OH is 1. The molecule has 1 aromatic carbocycles. The summed E-state index contributed by atoms with van der Waals surface area (Å²) >= 11 is 0. The monoisotopic (exact) mass is 267 g/mol. The van der Waals surface area contributed by atoms with Crippen molar-refractivity contribution in [2.24, 2.45) is 5.41 Å². The van der Waals surface area contributed by atoms with Gasteiger partial charge in [0.1, 0.15) is 5.82 Å². The van der Waals surface area contributed by atoms with E-state index in [4.69, 9.17) is 5.11 Å². The molecule has 0 spiro atoms. The van der Waals surface area contributed by atoms with Gasteiger partial charge in [-0.25, -0.2) is 4.39 Å². The van der Waals surface area contributed by atoms with Crippen LogP contribution in [0.5, 0.6) is 0 Å². The number of benzene rings is 1. The molecule has 1 unspecified atom stereocenters. The third-order valence-electron chi connectivity index (χ3n) is 3.23. The topological polar surface area (TPSA) is 32.3 Å². The van der Waals surface area contributed by atoms with Crippen molar-refractivity contribution in [1.29, 1.82) is 0 Å². The molecular weight excluding hydrogens is 241 g/mol. The summed E-state index contributed by atoms with van der Waals surface area (Å²) < 4.78 is 13.3. The summed E-state index contributed by atoms with van der Waals surface area (Å²) in [6.07, 6.45) is 2.90. The number of rotatable bonds is 7. The molecule has 0 aliphatic carbocycles. The second-order valence-corrected chi connectivity index (χ2v) is 6.09. The lowest BCUT2D eigenvalue weighted by atomic mass is 9.82. The molecule has 1 atom stereocenters. The van der Waals surface area contributed by atoms with E-state index in [0.717, 1.165) is 31.4 Å². The third-order valence-corrected chi connectivity index (χ3v) is 3.23. The average molecular weight is 267 g/mol. The van der Waals surface area contributed by atoms with Gasteiger partial charge in [0.15, 0.2) is 0 Å². The van der Waals surface area contributed by atoms with Crippen LogP contribution in [-0.4, -0.2) is 18.3 Å². The van der Waals surface area contributed by atoms with Crippen molar-refractivity contribution >= 4 is 0 Å². The molecule has 0 heterocycles. The lowest BCUT2D eigenvalue weighted by molar-refractivity contribution is 0.263. The summed E-state index contributed by atoms with van der Waals surface area (Å²) in [6, 6.07) is 6.95. The Labute approximate surface area is 116 Å². The molecule has 1 aromatic rings. The Kier molecular flexibility index (Phi) is 6.46. The average Bonchev–Trinajstić information content (AvgIpc) is 2.32. The lowest BCUT2D eigenvalue weighted by Gasteiger charge is -2.32. The van der Waals surface area contributed by atoms with E-state index in [1.807, 2.05) is 6.07 Å². The molecule has 0 saturated carbocycles. The van der Waals surface area contributed by atoms with E-state index in [-0.39, 0.29) is 23.9 Å². The highest BCUT2D eigenvalue weighted by atomic mass is 19.1. The Morgan fingerprint density at radius 1 is 1.21 bits per heavy atom. The van der Waals surface area contributed by atoms with Crippen molar-refractivity contribution in [3.8, 4) is 0 Å². The maximum absolute atomic E-state index is 13.3. The molecule has 0 aromatic heterocycles. The van der Waals surface area contributed by atoms with Crippen LogP contribution in [0.3, 0.4) is 0 Å². The van der Waals surface area contributed by atoms with Crippen LogP contribution in [0.4, 0.5) is 4.39 Å². The Morgan fingerprint density at radius 2 is 1.95 bits per heavy atom. The van der Waals surface area contributed by atoms with E-state index in [0.29, 0.717) is 0 Å². The Balaban J connectivity index is 2.63. The van der Waals surface area contributed by atoms with Crippen LogP contribution < -0.4 is 5.32 Å². The lowest BCUT2D eigenvalue weighted by Crippen LogP contribution is -2.33. The van der Waals surface area contributed by atoms with Crippen molar-refractivity contribution in [2.45, 2.75) is 46.1 Å². The number of halogens is 1. The van der Waals surface area contributed by atoms with Gasteiger partial charge in [-0.1, -0.05) is 32.9 Å². The molecule has 1 rings (SSSR count). The minimum absolute atomic E-state index is 0.0325. The largest absolute Gasteiger partial charge is 0.396 e. The van der Waals surface area contributed by atoms with Crippen LogP contribution in [0.1, 0.15) is 51.6 Å². The summed E-state index contributed by atoms with van der Waals surface area (Å²) in [5.74, 6) is -0.186. The molecule has 0 radical (unpaired) electrons. The zero-order valence-electron chi connectivity index (χ0n) is 12.2. The number of aliphatic hydroxyl groups is 1. The molecule has 0 aliphatic heterocycles. The SMILES string of the molecule is CC(C)(C)C(NCCCCCO)c1cccc(F)c1. The smallest absolute Gasteiger partial charge is 0.123 e. The summed E-state index contributed by atoms with van der Waals surface area (Å²) in [5, 5.41) is 12.3. The van der Waals surface area contributed by atoms with Gasteiger partial charge in [-0.2, -0.15) is 0 Å². The highest BCUT2D eigenvalue weighted by molar-refractivity contribution is 5.21. The van der Waals surface area contributed by atoms with Gasteiger partial charge in [-0.05, 0) is 48.9 Å². The van der Waals surface area contributed by atoms with Gasteiger partial charge in [0.05, 0.1) is 0 Å². The van der Waals surface area contributed by atoms with Gasteiger partial charge in [-0.15, -0.1) is 0 Å². The van der Waals surface area contributed by atoms with Crippen LogP contribution in [0.15, 0.2) is 24.3 Å². The fourth-order valence-electron chi connectivity index (χ4n) is 2.27. The number of nitrogens with one attached hydrogen (secondary N) is 1. The van der Waals surface area contributed by atoms with E-state index in [1.54, 1.807) is 12.1 Å². The number of unbranched alkanes of at least 4 members (excludes halogenated alkanes) is 2. The molecule has 2 nitrogen and oxygen atoms in total. The summed E-state index contributed by atoms with van der Waals surface area (Å²) in [5.41, 5.74) is 1.03. The molecule has 0 saturated heterocycles. The standard InChI is InChI=1S/C16H26FNO/c1-16(2,3)15(18-10-5-4-6-11-19)13-8-7-9-14(17)12-13/h7-9,12,15,18-19H,4-6,10-11H2,1-3H3. The van der Waals surface area contributed by atoms with Crippen LogP contribution in [-0.2, 0) is 0 Å². The van der Waals surface area contributed by atoms with Gasteiger partial charge < -0.3 is 10.4 Å². The first-order valence-corrected chi connectivity index (χ1v) is 7.05. The van der Waals surface area contributed by atoms with Crippen molar-refractivity contribution in [2.75, 3.05) is 13.2 Å². The Bertz CT molecular complexity index is 373. The Hall–Kier alpha value is -0.930. The molecule has 0 bridgehead atoms. The first-order valence-electron chi connectivity index (χ1n) is 7.05. The van der Waals surface area contributed by atoms with E-state index >= 15 is 0 Å². The van der Waals surface area contributed by atoms with Crippen molar-refractivity contribution in [3.63, 3.8) is 0 Å². The summed E-state index contributed by atoms with van der Waals surface area (Å²) in [7, 11) is 0. The normalized spacial score (nSPS) is 13.5.